The topological polar surface area (TPSA) is 158 Å². The molecule has 0 unspecified atom stereocenters. The van der Waals surface area contributed by atoms with E-state index in [1.807, 2.05) is 79.7 Å². The summed E-state index contributed by atoms with van der Waals surface area (Å²) in [4.78, 5) is 53.9. The number of aliphatic imine (C=N–C) groups is 2. The largest absolute Gasteiger partial charge is 0.494 e. The molecule has 4 aromatic carbocycles. The molecule has 13 nitrogen and oxygen atoms in total. The zero-order chi connectivity index (χ0) is 49.2. The van der Waals surface area contributed by atoms with Crippen molar-refractivity contribution in [2.45, 2.75) is 45.4 Å². The maximum Gasteiger partial charge on any atom is 0.336 e. The van der Waals surface area contributed by atoms with Gasteiger partial charge in [0.15, 0.2) is 0 Å². The van der Waals surface area contributed by atoms with Gasteiger partial charge in [-0.05, 0) is 153 Å². The van der Waals surface area contributed by atoms with Crippen molar-refractivity contribution in [2.24, 2.45) is 9.98 Å². The molecule has 0 fully saturated rings. The minimum atomic E-state index is -0.494. The van der Waals surface area contributed by atoms with E-state index in [0.29, 0.717) is 75.6 Å². The Morgan fingerprint density at radius 1 is 0.529 bits per heavy atom. The van der Waals surface area contributed by atoms with Gasteiger partial charge in [0.1, 0.15) is 23.0 Å². The van der Waals surface area contributed by atoms with Crippen LogP contribution in [0.3, 0.4) is 0 Å². The van der Waals surface area contributed by atoms with Crippen molar-refractivity contribution >= 4 is 59.7 Å². The molecule has 0 bridgehead atoms. The summed E-state index contributed by atoms with van der Waals surface area (Å²) in [5.74, 6) is 0.946. The van der Waals surface area contributed by atoms with Crippen LogP contribution in [0.2, 0.25) is 0 Å². The smallest absolute Gasteiger partial charge is 0.336 e. The standard InChI is InChI=1S/C37H39NO8.C17H20ClNO3/c1-4-35(39)44-24-8-6-22-42-31-15-10-29(11-16-31)14-21-37(41)46-33-19-20-34(28(3)26-33)38-27-30-12-17-32(18-13-30)43-23-7-9-25-45-36(40)5-2;1-3-17(20)22-11-5-4-10-21-16-8-6-15(7-9-16)13-19-12-14(2)18/h4-5,10-21,26-27H,1-2,6-9,22-25H2,3H3;3,6-9,13H,1-2,4-5,10-12H2/b21-14+,38-27?;. The normalized spacial score (nSPS) is 10.7. The Morgan fingerprint density at radius 2 is 0.926 bits per heavy atom. The van der Waals surface area contributed by atoms with E-state index in [2.05, 4.69) is 36.3 Å². The highest BCUT2D eigenvalue weighted by atomic mass is 35.5. The van der Waals surface area contributed by atoms with Crippen molar-refractivity contribution in [2.75, 3.05) is 46.2 Å². The molecule has 358 valence electrons. The van der Waals surface area contributed by atoms with Crippen LogP contribution in [0.4, 0.5) is 5.69 Å². The van der Waals surface area contributed by atoms with E-state index in [0.717, 1.165) is 83.4 Å². The molecule has 0 N–H and O–H groups in total. The highest BCUT2D eigenvalue weighted by Gasteiger charge is 2.05. The van der Waals surface area contributed by atoms with Crippen molar-refractivity contribution in [3.63, 3.8) is 0 Å². The minimum absolute atomic E-state index is 0.334. The molecule has 0 saturated carbocycles. The first-order valence-electron chi connectivity index (χ1n) is 21.9. The molecule has 0 aromatic heterocycles. The number of carbonyl (C=O) groups excluding carboxylic acids is 4. The lowest BCUT2D eigenvalue weighted by Crippen LogP contribution is -2.04. The van der Waals surface area contributed by atoms with Crippen LogP contribution in [-0.4, -0.2) is 82.5 Å². The molecular weight excluding hydrogens is 888 g/mol. The first kappa shape index (κ1) is 54.8. The number of esters is 4. The summed E-state index contributed by atoms with van der Waals surface area (Å²) in [5.41, 5.74) is 4.32. The zero-order valence-electron chi connectivity index (χ0n) is 38.5. The second-order valence-electron chi connectivity index (χ2n) is 14.4. The Labute approximate surface area is 404 Å². The van der Waals surface area contributed by atoms with E-state index in [-0.39, 0.29) is 0 Å². The van der Waals surface area contributed by atoms with Gasteiger partial charge in [0.05, 0.1) is 51.9 Å². The van der Waals surface area contributed by atoms with E-state index in [4.69, 9.17) is 44.8 Å². The van der Waals surface area contributed by atoms with E-state index < -0.39 is 23.9 Å². The Bertz CT molecular complexity index is 2320. The summed E-state index contributed by atoms with van der Waals surface area (Å²) in [6.07, 6.45) is 14.5. The monoisotopic (exact) mass is 946 g/mol. The van der Waals surface area contributed by atoms with Crippen LogP contribution in [0.25, 0.3) is 6.08 Å². The number of rotatable bonds is 29. The van der Waals surface area contributed by atoms with E-state index in [9.17, 15) is 19.2 Å². The van der Waals surface area contributed by atoms with Crippen LogP contribution < -0.4 is 18.9 Å². The van der Waals surface area contributed by atoms with Crippen molar-refractivity contribution < 1.29 is 52.3 Å². The number of aryl methyl sites for hydroxylation is 1. The predicted molar refractivity (Wildman–Crippen MR) is 268 cm³/mol. The van der Waals surface area contributed by atoms with Crippen LogP contribution in [0.1, 0.15) is 60.8 Å². The average Bonchev–Trinajstić information content (AvgIpc) is 3.34. The molecule has 68 heavy (non-hydrogen) atoms. The molecule has 4 rings (SSSR count). The second kappa shape index (κ2) is 33.0. The molecule has 0 aliphatic carbocycles. The summed E-state index contributed by atoms with van der Waals surface area (Å²) >= 11 is 5.63. The first-order chi connectivity index (χ1) is 33.0. The van der Waals surface area contributed by atoms with E-state index in [1.54, 1.807) is 36.7 Å². The lowest BCUT2D eigenvalue weighted by atomic mass is 10.2. The number of ether oxygens (including phenoxy) is 7. The SMILES string of the molecule is C=CC(=O)OCCCCOc1ccc(C=NCC(=C)Cl)cc1.C=CC(=O)OCCCCOc1ccc(C=Nc2ccc(OC(=O)/C=C/c3ccc(OCCCCOC(=O)C=C)cc3)cc2C)cc1. The molecule has 14 heteroatoms. The van der Waals surface area contributed by atoms with Crippen molar-refractivity contribution in [1.29, 1.82) is 0 Å². The van der Waals surface area contributed by atoms with Crippen LogP contribution in [0.15, 0.2) is 157 Å². The molecule has 0 atom stereocenters. The Kier molecular flexibility index (Phi) is 26.6. The van der Waals surface area contributed by atoms with Crippen molar-refractivity contribution in [3.05, 3.63) is 169 Å². The van der Waals surface area contributed by atoms with Gasteiger partial charge in [0, 0.05) is 41.8 Å². The molecule has 0 heterocycles. The van der Waals surface area contributed by atoms with Crippen LogP contribution in [-0.2, 0) is 33.4 Å². The molecule has 0 aliphatic rings. The van der Waals surface area contributed by atoms with Gasteiger partial charge in [-0.25, -0.2) is 19.2 Å². The van der Waals surface area contributed by atoms with Gasteiger partial charge in [-0.2, -0.15) is 0 Å². The Morgan fingerprint density at radius 3 is 1.34 bits per heavy atom. The fraction of sp³-hybridized carbons (Fsp3) is 0.259. The minimum Gasteiger partial charge on any atom is -0.494 e. The lowest BCUT2D eigenvalue weighted by Gasteiger charge is -2.07. The highest BCUT2D eigenvalue weighted by molar-refractivity contribution is 6.29. The maximum atomic E-state index is 12.4. The number of hydrogen-bond donors (Lipinski definition) is 0. The van der Waals surface area contributed by atoms with E-state index >= 15 is 0 Å². The van der Waals surface area contributed by atoms with Crippen LogP contribution >= 0.6 is 11.6 Å². The molecule has 0 aliphatic heterocycles. The maximum absolute atomic E-state index is 12.4. The predicted octanol–water partition coefficient (Wildman–Crippen LogP) is 10.9. The lowest BCUT2D eigenvalue weighted by molar-refractivity contribution is -0.138. The summed E-state index contributed by atoms with van der Waals surface area (Å²) in [7, 11) is 0. The summed E-state index contributed by atoms with van der Waals surface area (Å²) in [5, 5.41) is 0.509. The van der Waals surface area contributed by atoms with Gasteiger partial charge in [0.25, 0.3) is 0 Å². The van der Waals surface area contributed by atoms with Gasteiger partial charge in [0.2, 0.25) is 0 Å². The molecule has 0 amide bonds. The van der Waals surface area contributed by atoms with Gasteiger partial charge < -0.3 is 33.2 Å². The summed E-state index contributed by atoms with van der Waals surface area (Å²) < 4.78 is 37.2. The zero-order valence-corrected chi connectivity index (χ0v) is 39.2. The third-order valence-electron chi connectivity index (χ3n) is 8.95. The van der Waals surface area contributed by atoms with E-state index in [1.165, 1.54) is 6.08 Å². The molecule has 0 radical (unpaired) electrons. The number of unbranched alkanes of at least 4 members (excludes halogenated alkanes) is 3. The third-order valence-corrected chi connectivity index (χ3v) is 9.07. The fourth-order valence-corrected chi connectivity index (χ4v) is 5.47. The highest BCUT2D eigenvalue weighted by Crippen LogP contribution is 2.25. The van der Waals surface area contributed by atoms with Gasteiger partial charge in [-0.1, -0.05) is 50.0 Å². The van der Waals surface area contributed by atoms with Gasteiger partial charge in [-0.15, -0.1) is 0 Å². The molecule has 0 saturated heterocycles. The van der Waals surface area contributed by atoms with Crippen LogP contribution in [0.5, 0.6) is 23.0 Å². The summed E-state index contributed by atoms with van der Waals surface area (Å²) in [6.45, 7) is 18.6. The molecule has 0 spiro atoms. The van der Waals surface area contributed by atoms with Crippen LogP contribution in [0, 0.1) is 6.92 Å². The fourth-order valence-electron chi connectivity index (χ4n) is 5.40. The number of halogens is 1. The Balaban J connectivity index is 0.000000466. The van der Waals surface area contributed by atoms with Crippen molar-refractivity contribution in [3.8, 4) is 23.0 Å². The van der Waals surface area contributed by atoms with Gasteiger partial charge >= 0.3 is 23.9 Å². The molecule has 4 aromatic rings. The third kappa shape index (κ3) is 24.7. The number of nitrogens with zero attached hydrogens (tertiary/aromatic N) is 2. The first-order valence-corrected chi connectivity index (χ1v) is 22.3. The second-order valence-corrected chi connectivity index (χ2v) is 15.0. The number of hydrogen-bond acceptors (Lipinski definition) is 13. The quantitative estimate of drug-likeness (QED) is 0.0127. The van der Waals surface area contributed by atoms with Gasteiger partial charge in [-0.3, -0.25) is 9.98 Å². The van der Waals surface area contributed by atoms with Crippen molar-refractivity contribution in [1.82, 2.24) is 0 Å². The number of benzene rings is 4. The number of carbonyl (C=O) groups is 4. The molecular formula is C54H59ClN2O11. The Hall–Kier alpha value is -7.51. The summed E-state index contributed by atoms with van der Waals surface area (Å²) in [6, 6.07) is 27.8. The average molecular weight is 948 g/mol.